The van der Waals surface area contributed by atoms with Crippen LogP contribution < -0.4 is 0 Å². The van der Waals surface area contributed by atoms with Crippen molar-refractivity contribution in [2.75, 3.05) is 6.61 Å². The molecule has 0 amide bonds. The molecule has 7 heteroatoms. The molecular formula is C20H19ClN4O2. The maximum Gasteiger partial charge on any atom is 0.338 e. The number of rotatable bonds is 4. The number of nitrogens with zero attached hydrogens (tertiary/aromatic N) is 4. The predicted octanol–water partition coefficient (Wildman–Crippen LogP) is 3.92. The Hall–Kier alpha value is -2.47. The highest BCUT2D eigenvalue weighted by Gasteiger charge is 2.47. The van der Waals surface area contributed by atoms with Crippen LogP contribution in [0.2, 0.25) is 5.15 Å². The molecule has 4 atom stereocenters. The number of fused-ring (bicyclic) bond motifs is 3. The lowest BCUT2D eigenvalue weighted by Gasteiger charge is -2.30. The highest BCUT2D eigenvalue weighted by atomic mass is 35.5. The van der Waals surface area contributed by atoms with Crippen molar-refractivity contribution >= 4 is 28.7 Å². The molecule has 0 radical (unpaired) electrons. The fourth-order valence-electron chi connectivity index (χ4n) is 4.87. The first-order valence-electron chi connectivity index (χ1n) is 9.26. The van der Waals surface area contributed by atoms with E-state index in [-0.39, 0.29) is 5.97 Å². The number of hydrogen-bond acceptors (Lipinski definition) is 5. The lowest BCUT2D eigenvalue weighted by Crippen LogP contribution is -2.27. The molecule has 5 rings (SSSR count). The lowest BCUT2D eigenvalue weighted by atomic mass is 9.85. The van der Waals surface area contributed by atoms with Gasteiger partial charge in [0.2, 0.25) is 0 Å². The summed E-state index contributed by atoms with van der Waals surface area (Å²) in [6, 6.07) is 9.48. The van der Waals surface area contributed by atoms with Crippen LogP contribution >= 0.6 is 11.6 Å². The third kappa shape index (κ3) is 2.88. The number of benzene rings is 1. The topological polar surface area (TPSA) is 69.9 Å². The standard InChI is InChI=1S/C20H19ClN4O2/c21-18-17-19(23-10-22-18)25(11-24-17)16-8-12-6-14(15(16)7-12)9-27-20(26)13-4-2-1-3-5-13/h1-5,10-12,14-16H,6-9H2. The zero-order valence-corrected chi connectivity index (χ0v) is 15.4. The van der Waals surface area contributed by atoms with Gasteiger partial charge in [-0.15, -0.1) is 0 Å². The number of carbonyl (C=O) groups is 1. The molecule has 2 aliphatic carbocycles. The second-order valence-corrected chi connectivity index (χ2v) is 7.88. The van der Waals surface area contributed by atoms with Crippen molar-refractivity contribution in [3.63, 3.8) is 0 Å². The molecule has 0 aliphatic heterocycles. The quantitative estimate of drug-likeness (QED) is 0.505. The molecule has 0 saturated heterocycles. The maximum absolute atomic E-state index is 12.3. The largest absolute Gasteiger partial charge is 0.462 e. The molecule has 2 fully saturated rings. The van der Waals surface area contributed by atoms with Crippen LogP contribution in [-0.4, -0.2) is 32.1 Å². The van der Waals surface area contributed by atoms with Crippen molar-refractivity contribution in [3.8, 4) is 0 Å². The van der Waals surface area contributed by atoms with E-state index in [1.54, 1.807) is 12.1 Å². The number of esters is 1. The highest BCUT2D eigenvalue weighted by Crippen LogP contribution is 2.54. The average Bonchev–Trinajstić information content (AvgIpc) is 3.40. The van der Waals surface area contributed by atoms with E-state index >= 15 is 0 Å². The van der Waals surface area contributed by atoms with Gasteiger partial charge in [-0.25, -0.2) is 19.7 Å². The summed E-state index contributed by atoms with van der Waals surface area (Å²) in [5.74, 6) is 1.25. The summed E-state index contributed by atoms with van der Waals surface area (Å²) >= 11 is 6.14. The van der Waals surface area contributed by atoms with Crippen LogP contribution in [0, 0.1) is 17.8 Å². The van der Waals surface area contributed by atoms with Crippen LogP contribution in [0.5, 0.6) is 0 Å². The maximum atomic E-state index is 12.3. The van der Waals surface area contributed by atoms with Crippen molar-refractivity contribution in [1.82, 2.24) is 19.5 Å². The molecule has 27 heavy (non-hydrogen) atoms. The van der Waals surface area contributed by atoms with Crippen LogP contribution in [0.1, 0.15) is 35.7 Å². The van der Waals surface area contributed by atoms with E-state index in [9.17, 15) is 4.79 Å². The molecule has 3 aromatic rings. The van der Waals surface area contributed by atoms with Crippen molar-refractivity contribution < 1.29 is 9.53 Å². The number of ether oxygens (including phenoxy) is 1. The third-order valence-corrected chi connectivity index (χ3v) is 6.30. The Bertz CT molecular complexity index is 990. The first-order chi connectivity index (χ1) is 13.2. The summed E-state index contributed by atoms with van der Waals surface area (Å²) in [5.41, 5.74) is 2.03. The van der Waals surface area contributed by atoms with Gasteiger partial charge >= 0.3 is 5.97 Å². The minimum absolute atomic E-state index is 0.248. The minimum atomic E-state index is -0.248. The predicted molar refractivity (Wildman–Crippen MR) is 100 cm³/mol. The number of halogens is 1. The molecule has 4 unspecified atom stereocenters. The lowest BCUT2D eigenvalue weighted by molar-refractivity contribution is 0.0365. The van der Waals surface area contributed by atoms with Gasteiger partial charge in [-0.05, 0) is 49.1 Å². The fraction of sp³-hybridized carbons (Fsp3) is 0.400. The summed E-state index contributed by atoms with van der Waals surface area (Å²) in [7, 11) is 0. The first kappa shape index (κ1) is 16.7. The van der Waals surface area contributed by atoms with Crippen LogP contribution in [0.4, 0.5) is 0 Å². The SMILES string of the molecule is O=C(OCC1CC2CC1C(n1cnc3c(Cl)ncnc31)C2)c1ccccc1. The molecule has 0 N–H and O–H groups in total. The number of imidazole rings is 1. The first-order valence-corrected chi connectivity index (χ1v) is 9.63. The van der Waals surface area contributed by atoms with Gasteiger partial charge in [0.05, 0.1) is 18.5 Å². The van der Waals surface area contributed by atoms with Gasteiger partial charge in [0, 0.05) is 6.04 Å². The van der Waals surface area contributed by atoms with E-state index in [1.165, 1.54) is 6.33 Å². The Kier molecular flexibility index (Phi) is 4.08. The van der Waals surface area contributed by atoms with Crippen LogP contribution in [-0.2, 0) is 4.74 Å². The van der Waals surface area contributed by atoms with Gasteiger partial charge in [0.15, 0.2) is 10.8 Å². The second-order valence-electron chi connectivity index (χ2n) is 7.52. The minimum Gasteiger partial charge on any atom is -0.462 e. The van der Waals surface area contributed by atoms with Gasteiger partial charge < -0.3 is 9.30 Å². The molecule has 6 nitrogen and oxygen atoms in total. The van der Waals surface area contributed by atoms with Crippen molar-refractivity contribution in [2.45, 2.75) is 25.3 Å². The number of aromatic nitrogens is 4. The number of hydrogen-bond donors (Lipinski definition) is 0. The molecule has 2 bridgehead atoms. The molecule has 2 aliphatic rings. The molecule has 2 heterocycles. The van der Waals surface area contributed by atoms with Crippen molar-refractivity contribution in [3.05, 3.63) is 53.7 Å². The summed E-state index contributed by atoms with van der Waals surface area (Å²) in [6.45, 7) is 0.466. The Balaban J connectivity index is 1.33. The normalized spacial score (nSPS) is 26.6. The zero-order chi connectivity index (χ0) is 18.4. The van der Waals surface area contributed by atoms with Crippen LogP contribution in [0.25, 0.3) is 11.2 Å². The van der Waals surface area contributed by atoms with Crippen LogP contribution in [0.3, 0.4) is 0 Å². The molecule has 2 saturated carbocycles. The number of carbonyl (C=O) groups excluding carboxylic acids is 1. The summed E-state index contributed by atoms with van der Waals surface area (Å²) in [6.07, 6.45) is 6.70. The van der Waals surface area contributed by atoms with Gasteiger partial charge in [0.1, 0.15) is 11.8 Å². The van der Waals surface area contributed by atoms with E-state index in [0.29, 0.717) is 46.6 Å². The Labute approximate surface area is 161 Å². The summed E-state index contributed by atoms with van der Waals surface area (Å²) < 4.78 is 7.76. The summed E-state index contributed by atoms with van der Waals surface area (Å²) in [4.78, 5) is 25.1. The fourth-order valence-corrected chi connectivity index (χ4v) is 5.05. The molecule has 1 aromatic carbocycles. The molecule has 0 spiro atoms. The van der Waals surface area contributed by atoms with Crippen LogP contribution in [0.15, 0.2) is 43.0 Å². The zero-order valence-electron chi connectivity index (χ0n) is 14.7. The van der Waals surface area contributed by atoms with Crippen molar-refractivity contribution in [1.29, 1.82) is 0 Å². The van der Waals surface area contributed by atoms with E-state index in [4.69, 9.17) is 16.3 Å². The Morgan fingerprint density at radius 3 is 2.81 bits per heavy atom. The van der Waals surface area contributed by atoms with Gasteiger partial charge in [-0.3, -0.25) is 0 Å². The van der Waals surface area contributed by atoms with Gasteiger partial charge in [-0.2, -0.15) is 0 Å². The third-order valence-electron chi connectivity index (χ3n) is 6.03. The Morgan fingerprint density at radius 2 is 2.00 bits per heavy atom. The molecular weight excluding hydrogens is 364 g/mol. The van der Waals surface area contributed by atoms with Gasteiger partial charge in [0.25, 0.3) is 0 Å². The average molecular weight is 383 g/mol. The van der Waals surface area contributed by atoms with E-state index in [1.807, 2.05) is 24.5 Å². The monoisotopic (exact) mass is 382 g/mol. The van der Waals surface area contributed by atoms with E-state index in [0.717, 1.165) is 24.9 Å². The highest BCUT2D eigenvalue weighted by molar-refractivity contribution is 6.33. The van der Waals surface area contributed by atoms with E-state index in [2.05, 4.69) is 19.5 Å². The van der Waals surface area contributed by atoms with Gasteiger partial charge in [-0.1, -0.05) is 29.8 Å². The van der Waals surface area contributed by atoms with Crippen molar-refractivity contribution in [2.24, 2.45) is 17.8 Å². The molecule has 138 valence electrons. The second kappa shape index (κ2) is 6.60. The Morgan fingerprint density at radius 1 is 1.15 bits per heavy atom. The molecule has 2 aromatic heterocycles. The summed E-state index contributed by atoms with van der Waals surface area (Å²) in [5, 5.41) is 0.384. The smallest absolute Gasteiger partial charge is 0.338 e. The van der Waals surface area contributed by atoms with E-state index < -0.39 is 0 Å².